The molecular formula is C23H27N3O5. The molecule has 1 heterocycles. The molecule has 0 aliphatic heterocycles. The third-order valence-electron chi connectivity index (χ3n) is 4.86. The Kier molecular flexibility index (Phi) is 7.12. The van der Waals surface area contributed by atoms with Crippen LogP contribution in [-0.4, -0.2) is 44.8 Å². The maximum absolute atomic E-state index is 12.7. The van der Waals surface area contributed by atoms with E-state index in [0.29, 0.717) is 30.7 Å². The summed E-state index contributed by atoms with van der Waals surface area (Å²) in [5, 5.41) is 22.3. The van der Waals surface area contributed by atoms with Gasteiger partial charge in [0.25, 0.3) is 0 Å². The van der Waals surface area contributed by atoms with E-state index >= 15 is 0 Å². The summed E-state index contributed by atoms with van der Waals surface area (Å²) < 4.78 is 5.79. The Hall–Kier alpha value is -3.55. The van der Waals surface area contributed by atoms with Crippen LogP contribution < -0.4 is 5.32 Å². The number of para-hydroxylation sites is 3. The molecule has 2 aromatic carbocycles. The third-order valence-corrected chi connectivity index (χ3v) is 4.86. The van der Waals surface area contributed by atoms with Crippen LogP contribution in [0.15, 0.2) is 52.9 Å². The van der Waals surface area contributed by atoms with Crippen molar-refractivity contribution < 1.29 is 24.2 Å². The number of aromatic nitrogens is 1. The van der Waals surface area contributed by atoms with Crippen LogP contribution >= 0.6 is 0 Å². The fourth-order valence-corrected chi connectivity index (χ4v) is 3.36. The standard InChI is InChI=1S/C23H27N3O5/c1-15(2)14-26(23(29)30)22(28)24-17(12-11-16-7-3-5-9-19(16)27)13-21-25-18-8-4-6-10-20(18)31-21/h3-10,15,17,27H,11-14H2,1-2H3,(H,24,28)(H,29,30). The molecule has 31 heavy (non-hydrogen) atoms. The summed E-state index contributed by atoms with van der Waals surface area (Å²) in [4.78, 5) is 29.5. The maximum Gasteiger partial charge on any atom is 0.415 e. The van der Waals surface area contributed by atoms with E-state index in [1.165, 1.54) is 0 Å². The Morgan fingerprint density at radius 3 is 2.52 bits per heavy atom. The number of fused-ring (bicyclic) bond motifs is 1. The number of carbonyl (C=O) groups excluding carboxylic acids is 1. The van der Waals surface area contributed by atoms with E-state index in [9.17, 15) is 19.8 Å². The fourth-order valence-electron chi connectivity index (χ4n) is 3.36. The largest absolute Gasteiger partial charge is 0.508 e. The molecule has 3 amide bonds. The van der Waals surface area contributed by atoms with Crippen molar-refractivity contribution >= 4 is 23.2 Å². The zero-order valence-electron chi connectivity index (χ0n) is 17.6. The van der Waals surface area contributed by atoms with Crippen molar-refractivity contribution in [1.29, 1.82) is 0 Å². The normalized spacial score (nSPS) is 12.1. The second-order valence-corrected chi connectivity index (χ2v) is 7.88. The molecule has 164 valence electrons. The number of oxazole rings is 1. The van der Waals surface area contributed by atoms with Crippen LogP contribution in [0.2, 0.25) is 0 Å². The predicted molar refractivity (Wildman–Crippen MR) is 116 cm³/mol. The monoisotopic (exact) mass is 425 g/mol. The van der Waals surface area contributed by atoms with Gasteiger partial charge in [0.2, 0.25) is 0 Å². The molecule has 8 heteroatoms. The highest BCUT2D eigenvalue weighted by molar-refractivity contribution is 5.90. The van der Waals surface area contributed by atoms with Crippen LogP contribution in [0.5, 0.6) is 5.75 Å². The SMILES string of the molecule is CC(C)CN(C(=O)O)C(=O)NC(CCc1ccccc1O)Cc1nc2ccccc2o1. The number of carboxylic acid groups (broad SMARTS) is 1. The molecular weight excluding hydrogens is 398 g/mol. The molecule has 0 aliphatic carbocycles. The molecule has 0 bridgehead atoms. The van der Waals surface area contributed by atoms with Gasteiger partial charge in [-0.3, -0.25) is 0 Å². The summed E-state index contributed by atoms with van der Waals surface area (Å²) in [7, 11) is 0. The number of amides is 3. The number of benzene rings is 2. The molecule has 0 spiro atoms. The number of phenols is 1. The van der Waals surface area contributed by atoms with Gasteiger partial charge in [0.15, 0.2) is 11.5 Å². The van der Waals surface area contributed by atoms with E-state index in [2.05, 4.69) is 10.3 Å². The van der Waals surface area contributed by atoms with Crippen LogP contribution in [0, 0.1) is 5.92 Å². The first kappa shape index (κ1) is 22.1. The Labute approximate surface area is 180 Å². The number of rotatable bonds is 8. The summed E-state index contributed by atoms with van der Waals surface area (Å²) in [6.45, 7) is 3.78. The average Bonchev–Trinajstić information content (AvgIpc) is 3.13. The van der Waals surface area contributed by atoms with E-state index in [-0.39, 0.29) is 18.2 Å². The molecule has 0 radical (unpaired) electrons. The number of imide groups is 1. The van der Waals surface area contributed by atoms with Crippen LogP contribution in [-0.2, 0) is 12.8 Å². The van der Waals surface area contributed by atoms with E-state index < -0.39 is 18.2 Å². The minimum atomic E-state index is -1.30. The van der Waals surface area contributed by atoms with Gasteiger partial charge in [-0.05, 0) is 42.5 Å². The summed E-state index contributed by atoms with van der Waals surface area (Å²) in [5.41, 5.74) is 2.11. The van der Waals surface area contributed by atoms with Gasteiger partial charge in [-0.15, -0.1) is 0 Å². The number of hydrogen-bond donors (Lipinski definition) is 3. The zero-order chi connectivity index (χ0) is 22.4. The molecule has 1 aromatic heterocycles. The summed E-state index contributed by atoms with van der Waals surface area (Å²) in [5.74, 6) is 0.634. The minimum absolute atomic E-state index is 0.00129. The van der Waals surface area contributed by atoms with Gasteiger partial charge in [0, 0.05) is 19.0 Å². The molecule has 3 rings (SSSR count). The third kappa shape index (κ3) is 5.97. The van der Waals surface area contributed by atoms with Crippen molar-refractivity contribution in [3.8, 4) is 5.75 Å². The van der Waals surface area contributed by atoms with Crippen molar-refractivity contribution in [3.63, 3.8) is 0 Å². The van der Waals surface area contributed by atoms with Crippen molar-refractivity contribution in [2.75, 3.05) is 6.54 Å². The van der Waals surface area contributed by atoms with Crippen LogP contribution in [0.25, 0.3) is 11.1 Å². The molecule has 0 saturated heterocycles. The van der Waals surface area contributed by atoms with Gasteiger partial charge in [0.1, 0.15) is 11.3 Å². The lowest BCUT2D eigenvalue weighted by Crippen LogP contribution is -2.49. The highest BCUT2D eigenvalue weighted by Crippen LogP contribution is 2.20. The minimum Gasteiger partial charge on any atom is -0.508 e. The van der Waals surface area contributed by atoms with E-state index in [4.69, 9.17) is 4.42 Å². The number of aryl methyl sites for hydroxylation is 1. The molecule has 0 aliphatic rings. The van der Waals surface area contributed by atoms with Crippen molar-refractivity contribution in [3.05, 3.63) is 60.0 Å². The summed E-state index contributed by atoms with van der Waals surface area (Å²) >= 11 is 0. The topological polar surface area (TPSA) is 116 Å². The molecule has 8 nitrogen and oxygen atoms in total. The van der Waals surface area contributed by atoms with E-state index in [1.807, 2.05) is 50.2 Å². The second-order valence-electron chi connectivity index (χ2n) is 7.88. The van der Waals surface area contributed by atoms with Gasteiger partial charge in [-0.25, -0.2) is 19.5 Å². The molecule has 1 atom stereocenters. The summed E-state index contributed by atoms with van der Waals surface area (Å²) in [6.07, 6.45) is -0.0392. The van der Waals surface area contributed by atoms with E-state index in [1.54, 1.807) is 12.1 Å². The molecule has 0 fully saturated rings. The van der Waals surface area contributed by atoms with Crippen molar-refractivity contribution in [2.45, 2.75) is 39.2 Å². The smallest absolute Gasteiger partial charge is 0.415 e. The Balaban J connectivity index is 1.77. The Morgan fingerprint density at radius 2 is 1.84 bits per heavy atom. The quantitative estimate of drug-likeness (QED) is 0.492. The lowest BCUT2D eigenvalue weighted by atomic mass is 10.0. The highest BCUT2D eigenvalue weighted by atomic mass is 16.4. The first-order valence-corrected chi connectivity index (χ1v) is 10.3. The van der Waals surface area contributed by atoms with Gasteiger partial charge >= 0.3 is 12.1 Å². The van der Waals surface area contributed by atoms with Gasteiger partial charge in [-0.2, -0.15) is 0 Å². The summed E-state index contributed by atoms with van der Waals surface area (Å²) in [6, 6.07) is 13.3. The average molecular weight is 425 g/mol. The number of nitrogens with zero attached hydrogens (tertiary/aromatic N) is 2. The van der Waals surface area contributed by atoms with Crippen molar-refractivity contribution in [2.24, 2.45) is 5.92 Å². The van der Waals surface area contributed by atoms with Gasteiger partial charge in [-0.1, -0.05) is 44.2 Å². The van der Waals surface area contributed by atoms with Crippen LogP contribution in [0.1, 0.15) is 31.7 Å². The predicted octanol–water partition coefficient (Wildman–Crippen LogP) is 4.42. The van der Waals surface area contributed by atoms with Crippen LogP contribution in [0.3, 0.4) is 0 Å². The van der Waals surface area contributed by atoms with Crippen molar-refractivity contribution in [1.82, 2.24) is 15.2 Å². The maximum atomic E-state index is 12.7. The number of phenolic OH excluding ortho intramolecular Hbond substituents is 1. The number of nitrogens with one attached hydrogen (secondary N) is 1. The molecule has 3 N–H and O–H groups in total. The lowest BCUT2D eigenvalue weighted by Gasteiger charge is -2.24. The fraction of sp³-hybridized carbons (Fsp3) is 0.348. The first-order valence-electron chi connectivity index (χ1n) is 10.3. The zero-order valence-corrected chi connectivity index (χ0v) is 17.6. The van der Waals surface area contributed by atoms with E-state index in [0.717, 1.165) is 16.0 Å². The lowest BCUT2D eigenvalue weighted by molar-refractivity contribution is 0.141. The second kappa shape index (κ2) is 9.97. The Morgan fingerprint density at radius 1 is 1.13 bits per heavy atom. The van der Waals surface area contributed by atoms with Crippen LogP contribution in [0.4, 0.5) is 9.59 Å². The number of carbonyl (C=O) groups is 2. The number of hydrogen-bond acceptors (Lipinski definition) is 5. The first-order chi connectivity index (χ1) is 14.8. The number of urea groups is 1. The molecule has 0 saturated carbocycles. The Bertz CT molecular complexity index is 1010. The number of aromatic hydroxyl groups is 1. The highest BCUT2D eigenvalue weighted by Gasteiger charge is 2.25. The van der Waals surface area contributed by atoms with Gasteiger partial charge in [0.05, 0.1) is 0 Å². The van der Waals surface area contributed by atoms with Gasteiger partial charge < -0.3 is 19.9 Å². The molecule has 3 aromatic rings. The molecule has 1 unspecified atom stereocenters.